The molecular weight excluding hydrogens is 423 g/mol. The summed E-state index contributed by atoms with van der Waals surface area (Å²) in [5.74, 6) is 0. The first kappa shape index (κ1) is 14.7. The lowest BCUT2D eigenvalue weighted by molar-refractivity contribution is 1.23. The summed E-state index contributed by atoms with van der Waals surface area (Å²) in [6, 6.07) is 14.7. The van der Waals surface area contributed by atoms with E-state index < -0.39 is 0 Å². The molecular formula is C20H15IN4. The molecule has 0 aromatic carbocycles. The molecule has 0 saturated heterocycles. The van der Waals surface area contributed by atoms with Gasteiger partial charge in [-0.05, 0) is 89.4 Å². The molecule has 25 heavy (non-hydrogen) atoms. The third-order valence-electron chi connectivity index (χ3n) is 4.24. The molecule has 4 nitrogen and oxygen atoms in total. The van der Waals surface area contributed by atoms with Crippen LogP contribution in [-0.2, 0) is 0 Å². The van der Waals surface area contributed by atoms with E-state index in [9.17, 15) is 0 Å². The van der Waals surface area contributed by atoms with Crippen LogP contribution in [0.4, 0.5) is 0 Å². The standard InChI is InChI=1S/C20H15IN4/c21-19-10-18-9-16-4-3-14(23-16)7-12-1-2-13(22-12)8-15-5-6-17(24-15)11-20(19)25-18/h1-11,22-25H. The van der Waals surface area contributed by atoms with E-state index in [1.54, 1.807) is 0 Å². The summed E-state index contributed by atoms with van der Waals surface area (Å²) in [7, 11) is 0. The van der Waals surface area contributed by atoms with Crippen molar-refractivity contribution in [2.24, 2.45) is 0 Å². The second-order valence-corrected chi connectivity index (χ2v) is 7.33. The van der Waals surface area contributed by atoms with E-state index in [0.29, 0.717) is 0 Å². The summed E-state index contributed by atoms with van der Waals surface area (Å²) in [5.41, 5.74) is 4.29. The Hall–Kier alpha value is -2.67. The third kappa shape index (κ3) is 2.91. The molecule has 0 unspecified atom stereocenters. The lowest BCUT2D eigenvalue weighted by Gasteiger charge is -1.89. The molecule has 0 atom stereocenters. The van der Waals surface area contributed by atoms with Gasteiger partial charge in [0.05, 0.1) is 5.35 Å². The quantitative estimate of drug-likeness (QED) is 0.263. The van der Waals surface area contributed by atoms with Crippen molar-refractivity contribution in [2.75, 3.05) is 0 Å². The SMILES string of the molecule is Ic1cc2[nH]c1=Cc1ccc([nH]1)C=c1ccc([nH]1)=Cc1ccc([nH]1)C=2. The van der Waals surface area contributed by atoms with Gasteiger partial charge in [0.2, 0.25) is 0 Å². The van der Waals surface area contributed by atoms with Crippen LogP contribution < -0.4 is 21.4 Å². The maximum atomic E-state index is 3.48. The number of rotatable bonds is 0. The van der Waals surface area contributed by atoms with Crippen LogP contribution in [0, 0.1) is 3.57 Å². The lowest BCUT2D eigenvalue weighted by Crippen LogP contribution is -2.11. The van der Waals surface area contributed by atoms with Gasteiger partial charge in [-0.3, -0.25) is 0 Å². The summed E-state index contributed by atoms with van der Waals surface area (Å²) >= 11 is 2.36. The Kier molecular flexibility index (Phi) is 3.34. The monoisotopic (exact) mass is 438 g/mol. The number of hydrogen-bond donors (Lipinski definition) is 4. The van der Waals surface area contributed by atoms with Crippen LogP contribution in [0.25, 0.3) is 24.3 Å². The normalized spacial score (nSPS) is 12.7. The largest absolute Gasteiger partial charge is 0.355 e. The molecule has 0 aliphatic carbocycles. The zero-order chi connectivity index (χ0) is 16.8. The van der Waals surface area contributed by atoms with Crippen molar-refractivity contribution in [3.8, 4) is 0 Å². The van der Waals surface area contributed by atoms with Crippen molar-refractivity contribution in [3.63, 3.8) is 0 Å². The average molecular weight is 438 g/mol. The highest BCUT2D eigenvalue weighted by atomic mass is 127. The Labute approximate surface area is 156 Å². The van der Waals surface area contributed by atoms with E-state index >= 15 is 0 Å². The summed E-state index contributed by atoms with van der Waals surface area (Å²) in [5, 5.41) is 4.33. The highest BCUT2D eigenvalue weighted by Gasteiger charge is 2.00. The van der Waals surface area contributed by atoms with Crippen molar-refractivity contribution in [1.29, 1.82) is 0 Å². The van der Waals surface area contributed by atoms with Gasteiger partial charge >= 0.3 is 0 Å². The molecule has 5 heteroatoms. The van der Waals surface area contributed by atoms with Crippen molar-refractivity contribution in [3.05, 3.63) is 90.2 Å². The van der Waals surface area contributed by atoms with E-state index in [-0.39, 0.29) is 0 Å². The Morgan fingerprint density at radius 1 is 0.520 bits per heavy atom. The number of halogens is 1. The summed E-state index contributed by atoms with van der Waals surface area (Å²) in [4.78, 5) is 13.8. The molecule has 0 amide bonds. The average Bonchev–Trinajstić information content (AvgIpc) is 3.33. The number of nitrogens with one attached hydrogen (secondary N) is 4. The predicted molar refractivity (Wildman–Crippen MR) is 109 cm³/mol. The van der Waals surface area contributed by atoms with Crippen LogP contribution in [0.15, 0.2) is 42.5 Å². The highest BCUT2D eigenvalue weighted by Crippen LogP contribution is 2.05. The maximum absolute atomic E-state index is 3.48. The molecule has 122 valence electrons. The number of aromatic nitrogens is 4. The van der Waals surface area contributed by atoms with E-state index in [1.165, 1.54) is 3.57 Å². The van der Waals surface area contributed by atoms with E-state index in [4.69, 9.17) is 0 Å². The summed E-state index contributed by atoms with van der Waals surface area (Å²) in [6.07, 6.45) is 8.48. The number of H-pyrrole nitrogens is 4. The van der Waals surface area contributed by atoms with Crippen molar-refractivity contribution in [1.82, 2.24) is 19.9 Å². The zero-order valence-corrected chi connectivity index (χ0v) is 15.4. The number of fused-ring (bicyclic) bond motifs is 8. The Morgan fingerprint density at radius 3 is 1.64 bits per heavy atom. The Bertz CT molecular complexity index is 1310. The highest BCUT2D eigenvalue weighted by molar-refractivity contribution is 14.1. The van der Waals surface area contributed by atoms with Crippen molar-refractivity contribution < 1.29 is 0 Å². The number of aromatic amines is 4. The molecule has 5 rings (SSSR count). The second-order valence-electron chi connectivity index (χ2n) is 6.17. The van der Waals surface area contributed by atoms with Crippen LogP contribution in [-0.4, -0.2) is 19.9 Å². The van der Waals surface area contributed by atoms with E-state index in [2.05, 4.69) is 109 Å². The van der Waals surface area contributed by atoms with Crippen LogP contribution in [0.2, 0.25) is 0 Å². The van der Waals surface area contributed by atoms with Gasteiger partial charge in [0, 0.05) is 42.4 Å². The fourth-order valence-corrected chi connectivity index (χ4v) is 3.73. The summed E-state index contributed by atoms with van der Waals surface area (Å²) in [6.45, 7) is 0. The topological polar surface area (TPSA) is 63.2 Å². The van der Waals surface area contributed by atoms with Crippen LogP contribution in [0.5, 0.6) is 0 Å². The first-order valence-corrected chi connectivity index (χ1v) is 9.14. The van der Waals surface area contributed by atoms with Gasteiger partial charge in [0.15, 0.2) is 0 Å². The van der Waals surface area contributed by atoms with Gasteiger partial charge in [-0.1, -0.05) is 0 Å². The van der Waals surface area contributed by atoms with Gasteiger partial charge in [0.25, 0.3) is 0 Å². The molecule has 4 N–H and O–H groups in total. The third-order valence-corrected chi connectivity index (χ3v) is 5.14. The fraction of sp³-hybridized carbons (Fsp3) is 0. The van der Waals surface area contributed by atoms with Gasteiger partial charge in [-0.2, -0.15) is 0 Å². The van der Waals surface area contributed by atoms with Gasteiger partial charge in [0.1, 0.15) is 0 Å². The lowest BCUT2D eigenvalue weighted by atomic mass is 10.3. The van der Waals surface area contributed by atoms with Gasteiger partial charge in [-0.25, -0.2) is 0 Å². The first-order valence-electron chi connectivity index (χ1n) is 8.06. The molecule has 4 aromatic heterocycles. The Balaban J connectivity index is 1.81. The maximum Gasteiger partial charge on any atom is 0.0541 e. The smallest absolute Gasteiger partial charge is 0.0541 e. The number of hydrogen-bond acceptors (Lipinski definition) is 0. The van der Waals surface area contributed by atoms with Crippen LogP contribution >= 0.6 is 22.6 Å². The zero-order valence-electron chi connectivity index (χ0n) is 13.2. The minimum Gasteiger partial charge on any atom is -0.355 e. The molecule has 1 aliphatic rings. The first-order chi connectivity index (χ1) is 12.2. The fourth-order valence-electron chi connectivity index (χ4n) is 3.10. The molecule has 0 spiro atoms. The van der Waals surface area contributed by atoms with Crippen LogP contribution in [0.3, 0.4) is 0 Å². The molecule has 5 heterocycles. The predicted octanol–water partition coefficient (Wildman–Crippen LogP) is 1.23. The van der Waals surface area contributed by atoms with Crippen molar-refractivity contribution in [2.45, 2.75) is 0 Å². The molecule has 0 saturated carbocycles. The van der Waals surface area contributed by atoms with Gasteiger partial charge in [-0.15, -0.1) is 0 Å². The minimum absolute atomic E-state index is 1.07. The summed E-state index contributed by atoms with van der Waals surface area (Å²) < 4.78 is 1.19. The van der Waals surface area contributed by atoms with E-state index in [1.807, 2.05) is 0 Å². The van der Waals surface area contributed by atoms with Gasteiger partial charge < -0.3 is 19.9 Å². The molecule has 0 fully saturated rings. The molecule has 1 aliphatic heterocycles. The molecule has 8 bridgehead atoms. The Morgan fingerprint density at radius 2 is 1.04 bits per heavy atom. The van der Waals surface area contributed by atoms with Crippen LogP contribution in [0.1, 0.15) is 22.8 Å². The van der Waals surface area contributed by atoms with E-state index in [0.717, 1.165) is 44.2 Å². The minimum atomic E-state index is 1.07. The van der Waals surface area contributed by atoms with Crippen molar-refractivity contribution >= 4 is 46.9 Å². The molecule has 4 aromatic rings. The second kappa shape index (κ2) is 5.70. The molecule has 0 radical (unpaired) electrons.